The van der Waals surface area contributed by atoms with Gasteiger partial charge in [-0.1, -0.05) is 0 Å². The molecule has 6 heteroatoms. The van der Waals surface area contributed by atoms with Crippen LogP contribution < -0.4 is 5.32 Å². The van der Waals surface area contributed by atoms with Gasteiger partial charge in [0.1, 0.15) is 11.3 Å². The SMILES string of the molecule is CCNc1c2c(nc3c(F)cc(F)c(Br)c13)CCOC2. The van der Waals surface area contributed by atoms with E-state index in [0.29, 0.717) is 37.3 Å². The molecule has 1 N–H and O–H groups in total. The number of pyridine rings is 1. The number of benzene rings is 1. The van der Waals surface area contributed by atoms with Gasteiger partial charge in [-0.15, -0.1) is 0 Å². The van der Waals surface area contributed by atoms with Crippen molar-refractivity contribution in [2.75, 3.05) is 18.5 Å². The Morgan fingerprint density at radius 2 is 2.20 bits per heavy atom. The summed E-state index contributed by atoms with van der Waals surface area (Å²) in [5, 5.41) is 3.63. The van der Waals surface area contributed by atoms with Crippen LogP contribution in [0.1, 0.15) is 18.2 Å². The van der Waals surface area contributed by atoms with Crippen LogP contribution in [0.3, 0.4) is 0 Å². The molecule has 106 valence electrons. The lowest BCUT2D eigenvalue weighted by Crippen LogP contribution is -2.16. The molecule has 0 bridgehead atoms. The Bertz CT molecular complexity index is 691. The number of nitrogens with zero attached hydrogens (tertiary/aromatic N) is 1. The van der Waals surface area contributed by atoms with Crippen molar-refractivity contribution in [1.29, 1.82) is 0 Å². The van der Waals surface area contributed by atoms with Crippen LogP contribution in [0, 0.1) is 11.6 Å². The molecular formula is C14H13BrF2N2O. The number of anilines is 1. The van der Waals surface area contributed by atoms with Gasteiger partial charge in [0.25, 0.3) is 0 Å². The van der Waals surface area contributed by atoms with Crippen LogP contribution in [0.25, 0.3) is 10.9 Å². The lowest BCUT2D eigenvalue weighted by Gasteiger charge is -2.22. The number of fused-ring (bicyclic) bond motifs is 2. The fourth-order valence-electron chi connectivity index (χ4n) is 2.50. The summed E-state index contributed by atoms with van der Waals surface area (Å²) in [7, 11) is 0. The van der Waals surface area contributed by atoms with Crippen LogP contribution in [0.2, 0.25) is 0 Å². The molecule has 0 saturated heterocycles. The van der Waals surface area contributed by atoms with Gasteiger partial charge in [0.2, 0.25) is 0 Å². The van der Waals surface area contributed by atoms with Gasteiger partial charge in [-0.25, -0.2) is 13.8 Å². The van der Waals surface area contributed by atoms with E-state index in [-0.39, 0.29) is 9.99 Å². The minimum Gasteiger partial charge on any atom is -0.384 e. The molecule has 3 rings (SSSR count). The third-order valence-corrected chi connectivity index (χ3v) is 4.15. The van der Waals surface area contributed by atoms with E-state index >= 15 is 0 Å². The van der Waals surface area contributed by atoms with E-state index in [2.05, 4.69) is 26.2 Å². The second-order valence-corrected chi connectivity index (χ2v) is 5.42. The average molecular weight is 343 g/mol. The lowest BCUT2D eigenvalue weighted by molar-refractivity contribution is 0.110. The molecule has 0 atom stereocenters. The minimum atomic E-state index is -0.644. The molecule has 0 spiro atoms. The van der Waals surface area contributed by atoms with Crippen molar-refractivity contribution in [2.24, 2.45) is 0 Å². The van der Waals surface area contributed by atoms with Gasteiger partial charge < -0.3 is 10.1 Å². The first-order valence-corrected chi connectivity index (χ1v) is 7.23. The molecule has 1 aromatic carbocycles. The van der Waals surface area contributed by atoms with Crippen LogP contribution in [0.15, 0.2) is 10.5 Å². The Balaban J connectivity index is 2.42. The third-order valence-electron chi connectivity index (χ3n) is 3.38. The van der Waals surface area contributed by atoms with Crippen molar-refractivity contribution in [1.82, 2.24) is 4.98 Å². The highest BCUT2D eigenvalue weighted by Crippen LogP contribution is 2.38. The summed E-state index contributed by atoms with van der Waals surface area (Å²) in [5.74, 6) is -1.28. The summed E-state index contributed by atoms with van der Waals surface area (Å²) in [6.07, 6.45) is 0.637. The van der Waals surface area contributed by atoms with Gasteiger partial charge >= 0.3 is 0 Å². The number of halogens is 3. The maximum atomic E-state index is 14.0. The Hall–Kier alpha value is -1.27. The molecule has 0 unspecified atom stereocenters. The summed E-state index contributed by atoms with van der Waals surface area (Å²) < 4.78 is 33.5. The molecule has 0 radical (unpaired) electrons. The molecule has 1 aliphatic rings. The molecule has 2 aromatic rings. The zero-order chi connectivity index (χ0) is 14.3. The second kappa shape index (κ2) is 5.26. The predicted molar refractivity (Wildman–Crippen MR) is 76.9 cm³/mol. The maximum Gasteiger partial charge on any atom is 0.152 e. The number of rotatable bonds is 2. The van der Waals surface area contributed by atoms with Crippen molar-refractivity contribution < 1.29 is 13.5 Å². The van der Waals surface area contributed by atoms with Gasteiger partial charge in [0.05, 0.1) is 29.1 Å². The van der Waals surface area contributed by atoms with E-state index in [4.69, 9.17) is 4.74 Å². The summed E-state index contributed by atoms with van der Waals surface area (Å²) >= 11 is 3.20. The molecule has 0 aliphatic carbocycles. The summed E-state index contributed by atoms with van der Waals surface area (Å²) in [5.41, 5.74) is 2.60. The number of hydrogen-bond acceptors (Lipinski definition) is 3. The van der Waals surface area contributed by atoms with Crippen molar-refractivity contribution in [3.63, 3.8) is 0 Å². The van der Waals surface area contributed by atoms with Gasteiger partial charge in [-0.3, -0.25) is 0 Å². The van der Waals surface area contributed by atoms with E-state index < -0.39 is 11.6 Å². The number of hydrogen-bond donors (Lipinski definition) is 1. The standard InChI is InChI=1S/C14H13BrF2N2O/c1-2-18-13-7-6-20-4-3-10(7)19-14-9(17)5-8(16)12(15)11(13)14/h5H,2-4,6H2,1H3,(H,18,19). The zero-order valence-corrected chi connectivity index (χ0v) is 12.5. The summed E-state index contributed by atoms with van der Waals surface area (Å²) in [4.78, 5) is 4.37. The molecule has 3 nitrogen and oxygen atoms in total. The largest absolute Gasteiger partial charge is 0.384 e. The molecule has 1 aromatic heterocycles. The van der Waals surface area contributed by atoms with E-state index in [1.54, 1.807) is 0 Å². The van der Waals surface area contributed by atoms with Gasteiger partial charge in [0.15, 0.2) is 5.82 Å². The van der Waals surface area contributed by atoms with Gasteiger partial charge in [0, 0.05) is 30.0 Å². The minimum absolute atomic E-state index is 0.190. The number of nitrogens with one attached hydrogen (secondary N) is 1. The number of aromatic nitrogens is 1. The third kappa shape index (κ3) is 2.07. The number of ether oxygens (including phenoxy) is 1. The maximum absolute atomic E-state index is 14.0. The first-order valence-electron chi connectivity index (χ1n) is 6.44. The van der Waals surface area contributed by atoms with Crippen molar-refractivity contribution in [3.05, 3.63) is 33.4 Å². The highest BCUT2D eigenvalue weighted by molar-refractivity contribution is 9.10. The Morgan fingerprint density at radius 3 is 2.95 bits per heavy atom. The fraction of sp³-hybridized carbons (Fsp3) is 0.357. The van der Waals surface area contributed by atoms with Crippen molar-refractivity contribution in [3.8, 4) is 0 Å². The molecule has 0 fully saturated rings. The van der Waals surface area contributed by atoms with E-state index in [9.17, 15) is 8.78 Å². The Labute approximate surface area is 123 Å². The molecular weight excluding hydrogens is 330 g/mol. The highest BCUT2D eigenvalue weighted by Gasteiger charge is 2.23. The van der Waals surface area contributed by atoms with Crippen LogP contribution in [-0.4, -0.2) is 18.1 Å². The fourth-order valence-corrected chi connectivity index (χ4v) is 3.00. The van der Waals surface area contributed by atoms with Gasteiger partial charge in [-0.2, -0.15) is 0 Å². The lowest BCUT2D eigenvalue weighted by atomic mass is 10.0. The molecule has 1 aliphatic heterocycles. The summed E-state index contributed by atoms with van der Waals surface area (Å²) in [6, 6.07) is 0.862. The van der Waals surface area contributed by atoms with Gasteiger partial charge in [-0.05, 0) is 22.9 Å². The van der Waals surface area contributed by atoms with E-state index in [0.717, 1.165) is 17.3 Å². The molecule has 2 heterocycles. The topological polar surface area (TPSA) is 34.2 Å². The average Bonchev–Trinajstić information content (AvgIpc) is 2.45. The molecule has 20 heavy (non-hydrogen) atoms. The van der Waals surface area contributed by atoms with Crippen molar-refractivity contribution in [2.45, 2.75) is 20.0 Å². The zero-order valence-electron chi connectivity index (χ0n) is 10.9. The quantitative estimate of drug-likeness (QED) is 0.843. The first-order chi connectivity index (χ1) is 9.63. The van der Waals surface area contributed by atoms with Crippen LogP contribution in [-0.2, 0) is 17.8 Å². The van der Waals surface area contributed by atoms with Crippen molar-refractivity contribution >= 4 is 32.5 Å². The molecule has 0 saturated carbocycles. The van der Waals surface area contributed by atoms with Crippen LogP contribution in [0.5, 0.6) is 0 Å². The Kier molecular flexibility index (Phi) is 3.60. The molecule has 0 amide bonds. The Morgan fingerprint density at radius 1 is 1.40 bits per heavy atom. The monoisotopic (exact) mass is 342 g/mol. The second-order valence-electron chi connectivity index (χ2n) is 4.62. The van der Waals surface area contributed by atoms with E-state index in [1.165, 1.54) is 0 Å². The van der Waals surface area contributed by atoms with E-state index in [1.807, 2.05) is 6.92 Å². The smallest absolute Gasteiger partial charge is 0.152 e. The predicted octanol–water partition coefficient (Wildman–Crippen LogP) is 3.78. The normalized spacial score (nSPS) is 14.4. The highest BCUT2D eigenvalue weighted by atomic mass is 79.9. The first kappa shape index (κ1) is 13.7. The van der Waals surface area contributed by atoms with Crippen LogP contribution in [0.4, 0.5) is 14.5 Å². The van der Waals surface area contributed by atoms with Crippen LogP contribution >= 0.6 is 15.9 Å². The summed E-state index contributed by atoms with van der Waals surface area (Å²) in [6.45, 7) is 3.56.